The molecule has 0 radical (unpaired) electrons. The van der Waals surface area contributed by atoms with E-state index in [0.717, 1.165) is 5.56 Å². The highest BCUT2D eigenvalue weighted by atomic mass is 16.5. The zero-order chi connectivity index (χ0) is 29.4. The summed E-state index contributed by atoms with van der Waals surface area (Å²) < 4.78 is 28.9. The van der Waals surface area contributed by atoms with Crippen LogP contribution in [0.1, 0.15) is 53.3 Å². The lowest BCUT2D eigenvalue weighted by atomic mass is 9.79. The minimum Gasteiger partial charge on any atom is -0.504 e. The molecule has 5 rings (SSSR count). The van der Waals surface area contributed by atoms with Gasteiger partial charge in [0, 0.05) is 17.2 Å². The summed E-state index contributed by atoms with van der Waals surface area (Å²) in [6.45, 7) is 10.1. The molecule has 2 heterocycles. The highest BCUT2D eigenvalue weighted by Crippen LogP contribution is 2.43. The molecule has 41 heavy (non-hydrogen) atoms. The molecule has 2 aromatic heterocycles. The molecular weight excluding hydrogens is 520 g/mol. The lowest BCUT2D eigenvalue weighted by molar-refractivity contribution is -0.138. The van der Waals surface area contributed by atoms with E-state index >= 15 is 0 Å². The van der Waals surface area contributed by atoms with Gasteiger partial charge in [0.15, 0.2) is 11.2 Å². The number of aromatic hydroxyl groups is 1. The summed E-state index contributed by atoms with van der Waals surface area (Å²) in [5, 5.41) is 11.6. The number of allylic oxidation sites excluding steroid dienone is 1. The van der Waals surface area contributed by atoms with Crippen LogP contribution >= 0.6 is 0 Å². The molecule has 0 saturated carbocycles. The number of carbonyl (C=O) groups excluding carboxylic acids is 1. The second-order valence-corrected chi connectivity index (χ2v) is 10.2. The predicted octanol–water partition coefficient (Wildman–Crippen LogP) is 5.82. The molecule has 1 atom stereocenters. The maximum Gasteiger partial charge on any atom is 0.335 e. The van der Waals surface area contributed by atoms with Crippen molar-refractivity contribution in [3.05, 3.63) is 98.0 Å². The van der Waals surface area contributed by atoms with E-state index in [1.165, 1.54) is 16.7 Å². The van der Waals surface area contributed by atoms with E-state index in [0.29, 0.717) is 50.7 Å². The number of hydrogen-bond acceptors (Lipinski definition) is 7. The summed E-state index contributed by atoms with van der Waals surface area (Å²) in [4.78, 5) is 13.3. The molecule has 1 N–H and O–H groups in total. The Morgan fingerprint density at radius 1 is 0.976 bits per heavy atom. The van der Waals surface area contributed by atoms with Crippen LogP contribution < -0.4 is 20.3 Å². The fourth-order valence-corrected chi connectivity index (χ4v) is 5.36. The number of esters is 1. The van der Waals surface area contributed by atoms with Gasteiger partial charge in [0.05, 0.1) is 37.9 Å². The molecule has 0 spiro atoms. The van der Waals surface area contributed by atoms with Gasteiger partial charge in [-0.2, -0.15) is 0 Å². The van der Waals surface area contributed by atoms with Gasteiger partial charge in [0.1, 0.15) is 28.4 Å². The van der Waals surface area contributed by atoms with E-state index in [-0.39, 0.29) is 17.8 Å². The van der Waals surface area contributed by atoms with Crippen LogP contribution in [0.3, 0.4) is 0 Å². The number of benzene rings is 2. The first kappa shape index (κ1) is 27.9. The molecule has 1 aliphatic carbocycles. The van der Waals surface area contributed by atoms with Crippen LogP contribution in [0.4, 0.5) is 0 Å². The fraction of sp³-hybridized carbons (Fsp3) is 0.265. The van der Waals surface area contributed by atoms with Crippen molar-refractivity contribution in [2.75, 3.05) is 20.8 Å². The number of ether oxygens (including phenoxy) is 3. The van der Waals surface area contributed by atoms with Gasteiger partial charge in [0.25, 0.3) is 0 Å². The SMILES string of the molecule is CCOC(=O)C1=C(C)C=c2oc(=Cc3ccc(-c4cc(C)c(C)c(C)c4)o3)c(O)c2C1c1cc(OC)ccc1OC. The third kappa shape index (κ3) is 5.04. The number of hydrogen-bond donors (Lipinski definition) is 1. The van der Waals surface area contributed by atoms with Crippen molar-refractivity contribution in [2.24, 2.45) is 0 Å². The van der Waals surface area contributed by atoms with Gasteiger partial charge < -0.3 is 28.2 Å². The van der Waals surface area contributed by atoms with Gasteiger partial charge in [-0.1, -0.05) is 0 Å². The molecule has 0 fully saturated rings. The van der Waals surface area contributed by atoms with E-state index in [2.05, 4.69) is 32.9 Å². The molecule has 212 valence electrons. The molecule has 2 aromatic carbocycles. The standard InChI is InChI=1S/C34H34O7/c1-8-39-34(36)30-20(4)15-28-32(31(30)25-16-23(37-6)9-12-27(25)38-7)33(35)29(41-28)17-24-10-11-26(40-24)22-13-18(2)21(5)19(3)14-22/h9-17,31,35H,8H2,1-7H3. The summed E-state index contributed by atoms with van der Waals surface area (Å²) in [5.74, 6) is 1.04. The Hall–Kier alpha value is -4.65. The predicted molar refractivity (Wildman–Crippen MR) is 157 cm³/mol. The molecule has 0 amide bonds. The quantitative estimate of drug-likeness (QED) is 0.288. The van der Waals surface area contributed by atoms with E-state index in [1.54, 1.807) is 51.5 Å². The van der Waals surface area contributed by atoms with Gasteiger partial charge in [-0.15, -0.1) is 0 Å². The number of rotatable bonds is 7. The van der Waals surface area contributed by atoms with Crippen molar-refractivity contribution < 1.29 is 32.9 Å². The Labute approximate surface area is 239 Å². The third-order valence-corrected chi connectivity index (χ3v) is 7.68. The maximum atomic E-state index is 13.3. The Morgan fingerprint density at radius 3 is 2.37 bits per heavy atom. The van der Waals surface area contributed by atoms with Gasteiger partial charge in [-0.05, 0) is 105 Å². The van der Waals surface area contributed by atoms with Crippen molar-refractivity contribution in [3.63, 3.8) is 0 Å². The zero-order valence-electron chi connectivity index (χ0n) is 24.4. The number of furan rings is 2. The van der Waals surface area contributed by atoms with E-state index in [1.807, 2.05) is 19.1 Å². The first-order chi connectivity index (χ1) is 19.7. The monoisotopic (exact) mass is 554 g/mol. The van der Waals surface area contributed by atoms with E-state index < -0.39 is 11.9 Å². The minimum absolute atomic E-state index is 0.0969. The van der Waals surface area contributed by atoms with Crippen molar-refractivity contribution in [1.82, 2.24) is 0 Å². The van der Waals surface area contributed by atoms with Gasteiger partial charge >= 0.3 is 5.97 Å². The molecule has 0 saturated heterocycles. The van der Waals surface area contributed by atoms with Crippen LogP contribution in [-0.2, 0) is 9.53 Å². The summed E-state index contributed by atoms with van der Waals surface area (Å²) in [6, 6.07) is 13.3. The second kappa shape index (κ2) is 11.1. The molecule has 7 nitrogen and oxygen atoms in total. The average molecular weight is 555 g/mol. The van der Waals surface area contributed by atoms with Gasteiger partial charge in [0.2, 0.25) is 0 Å². The zero-order valence-corrected chi connectivity index (χ0v) is 24.4. The Bertz CT molecular complexity index is 1780. The van der Waals surface area contributed by atoms with Gasteiger partial charge in [-0.3, -0.25) is 0 Å². The summed E-state index contributed by atoms with van der Waals surface area (Å²) >= 11 is 0. The molecule has 1 unspecified atom stereocenters. The van der Waals surface area contributed by atoms with Crippen LogP contribution in [0.5, 0.6) is 17.2 Å². The first-order valence-electron chi connectivity index (χ1n) is 13.5. The molecule has 7 heteroatoms. The van der Waals surface area contributed by atoms with E-state index in [4.69, 9.17) is 23.0 Å². The first-order valence-corrected chi connectivity index (χ1v) is 13.5. The normalized spacial score (nSPS) is 15.0. The third-order valence-electron chi connectivity index (χ3n) is 7.68. The largest absolute Gasteiger partial charge is 0.504 e. The van der Waals surface area contributed by atoms with Crippen LogP contribution in [-0.4, -0.2) is 31.9 Å². The molecular formula is C34H34O7. The molecule has 0 aliphatic heterocycles. The fourth-order valence-electron chi connectivity index (χ4n) is 5.36. The number of fused-ring (bicyclic) bond motifs is 1. The lowest BCUT2D eigenvalue weighted by Crippen LogP contribution is -2.25. The lowest BCUT2D eigenvalue weighted by Gasteiger charge is -2.25. The number of methoxy groups -OCH3 is 2. The van der Waals surface area contributed by atoms with E-state index in [9.17, 15) is 9.90 Å². The smallest absolute Gasteiger partial charge is 0.335 e. The van der Waals surface area contributed by atoms with Crippen molar-refractivity contribution in [1.29, 1.82) is 0 Å². The highest BCUT2D eigenvalue weighted by molar-refractivity contribution is 5.95. The molecule has 4 aromatic rings. The topological polar surface area (TPSA) is 91.3 Å². The minimum atomic E-state index is -0.726. The highest BCUT2D eigenvalue weighted by Gasteiger charge is 2.36. The summed E-state index contributed by atoms with van der Waals surface area (Å²) in [6.07, 6.45) is 3.39. The Morgan fingerprint density at radius 2 is 1.71 bits per heavy atom. The van der Waals surface area contributed by atoms with Crippen LogP contribution in [0.2, 0.25) is 0 Å². The summed E-state index contributed by atoms with van der Waals surface area (Å²) in [5.41, 5.74) is 7.38. The van der Waals surface area contributed by atoms with Crippen LogP contribution in [0.25, 0.3) is 23.5 Å². The molecule has 1 aliphatic rings. The summed E-state index contributed by atoms with van der Waals surface area (Å²) in [7, 11) is 3.12. The Kier molecular flexibility index (Phi) is 7.54. The van der Waals surface area contributed by atoms with Crippen molar-refractivity contribution >= 4 is 18.1 Å². The molecule has 0 bridgehead atoms. The number of carbonyl (C=O) groups is 1. The average Bonchev–Trinajstić information content (AvgIpc) is 3.54. The Balaban J connectivity index is 1.67. The van der Waals surface area contributed by atoms with Crippen molar-refractivity contribution in [3.8, 4) is 28.6 Å². The van der Waals surface area contributed by atoms with Crippen molar-refractivity contribution in [2.45, 2.75) is 40.5 Å². The van der Waals surface area contributed by atoms with Crippen LogP contribution in [0, 0.1) is 20.8 Å². The number of aryl methyl sites for hydroxylation is 2. The second-order valence-electron chi connectivity index (χ2n) is 10.2. The maximum absolute atomic E-state index is 13.3. The van der Waals surface area contributed by atoms with Gasteiger partial charge in [-0.25, -0.2) is 4.79 Å². The van der Waals surface area contributed by atoms with Crippen LogP contribution in [0.15, 0.2) is 62.4 Å².